The predicted molar refractivity (Wildman–Crippen MR) is 283 cm³/mol. The second-order valence-corrected chi connectivity index (χ2v) is 21.3. The molecule has 1 aliphatic rings. The lowest BCUT2D eigenvalue weighted by Crippen LogP contribution is -2.29. The number of allylic oxidation sites excluding steroid dienone is 10. The number of carbonyl (C=O) groups is 2. The molecule has 0 saturated heterocycles. The molecule has 1 unspecified atom stereocenters. The highest BCUT2D eigenvalue weighted by atomic mass is 31.2. The average Bonchev–Trinajstić information content (AvgIpc) is 3.28. The molecule has 0 bridgehead atoms. The number of esters is 2. The molecule has 0 aromatic heterocycles. The van der Waals surface area contributed by atoms with Crippen LogP contribution in [0.1, 0.15) is 248 Å². The molecule has 0 saturated carbocycles. The zero-order chi connectivity index (χ0) is 49.3. The van der Waals surface area contributed by atoms with Crippen molar-refractivity contribution in [2.24, 2.45) is 10.4 Å². The van der Waals surface area contributed by atoms with E-state index in [1.54, 1.807) is 6.21 Å². The van der Waals surface area contributed by atoms with E-state index in [4.69, 9.17) is 18.5 Å². The molecule has 0 spiro atoms. The van der Waals surface area contributed by atoms with E-state index in [1.807, 2.05) is 25.2 Å². The Morgan fingerprint density at radius 3 is 1.66 bits per heavy atom. The largest absolute Gasteiger partial charge is 0.472 e. The molecular formula is C57H100NO8P. The Labute approximate surface area is 411 Å². The molecule has 0 fully saturated rings. The van der Waals surface area contributed by atoms with Crippen molar-refractivity contribution in [3.8, 4) is 0 Å². The van der Waals surface area contributed by atoms with Gasteiger partial charge >= 0.3 is 19.8 Å². The van der Waals surface area contributed by atoms with Crippen molar-refractivity contribution in [1.29, 1.82) is 0 Å². The van der Waals surface area contributed by atoms with Gasteiger partial charge in [-0.3, -0.25) is 23.6 Å². The average molecular weight is 958 g/mol. The SMILES string of the molecule is CCCCCCCCCCCCCCCC(=O)OC[C@H](COP(=O)(O)OCCN=C/C=C(C)/C=C/C=C(C)/C=C/C1=C(C)CCCC1(C)C)OC(=O)CCCCCCCCCCCCCCC. The lowest BCUT2D eigenvalue weighted by Gasteiger charge is -2.32. The fraction of sp³-hybridized carbons (Fsp3) is 0.772. The van der Waals surface area contributed by atoms with Gasteiger partial charge in [0.1, 0.15) is 6.61 Å². The van der Waals surface area contributed by atoms with Crippen molar-refractivity contribution in [2.45, 2.75) is 254 Å². The summed E-state index contributed by atoms with van der Waals surface area (Å²) in [4.78, 5) is 40.2. The van der Waals surface area contributed by atoms with Crippen LogP contribution in [0.25, 0.3) is 0 Å². The number of hydrogen-bond acceptors (Lipinski definition) is 8. The fourth-order valence-electron chi connectivity index (χ4n) is 8.55. The molecule has 0 amide bonds. The first-order valence-corrected chi connectivity index (χ1v) is 28.7. The topological polar surface area (TPSA) is 121 Å². The van der Waals surface area contributed by atoms with Gasteiger partial charge < -0.3 is 14.4 Å². The fourth-order valence-corrected chi connectivity index (χ4v) is 9.29. The first kappa shape index (κ1) is 62.4. The number of carbonyl (C=O) groups excluding carboxylic acids is 2. The molecule has 0 radical (unpaired) electrons. The van der Waals surface area contributed by atoms with Crippen molar-refractivity contribution in [3.05, 3.63) is 58.7 Å². The van der Waals surface area contributed by atoms with Gasteiger partial charge in [0, 0.05) is 19.1 Å². The van der Waals surface area contributed by atoms with Gasteiger partial charge in [-0.2, -0.15) is 0 Å². The van der Waals surface area contributed by atoms with Crippen LogP contribution in [0.15, 0.2) is 63.7 Å². The van der Waals surface area contributed by atoms with Crippen LogP contribution >= 0.6 is 7.82 Å². The lowest BCUT2D eigenvalue weighted by atomic mass is 9.72. The summed E-state index contributed by atoms with van der Waals surface area (Å²) in [6.07, 6.45) is 48.7. The number of unbranched alkanes of at least 4 members (excludes halogenated alkanes) is 24. The molecule has 0 aromatic carbocycles. The van der Waals surface area contributed by atoms with E-state index in [2.05, 4.69) is 64.8 Å². The lowest BCUT2D eigenvalue weighted by molar-refractivity contribution is -0.161. The maximum atomic E-state index is 12.8. The Morgan fingerprint density at radius 1 is 0.672 bits per heavy atom. The van der Waals surface area contributed by atoms with Crippen LogP contribution in [0, 0.1) is 5.41 Å². The van der Waals surface area contributed by atoms with E-state index >= 15 is 0 Å². The van der Waals surface area contributed by atoms with Crippen LogP contribution in [-0.2, 0) is 32.7 Å². The summed E-state index contributed by atoms with van der Waals surface area (Å²) < 4.78 is 34.3. The molecule has 0 heterocycles. The summed E-state index contributed by atoms with van der Waals surface area (Å²) >= 11 is 0. The maximum Gasteiger partial charge on any atom is 0.472 e. The molecule has 1 rings (SSSR count). The predicted octanol–water partition coefficient (Wildman–Crippen LogP) is 17.1. The Bertz CT molecular complexity index is 1520. The van der Waals surface area contributed by atoms with Gasteiger partial charge in [0.2, 0.25) is 0 Å². The van der Waals surface area contributed by atoms with Crippen molar-refractivity contribution in [3.63, 3.8) is 0 Å². The second-order valence-electron chi connectivity index (χ2n) is 19.9. The molecule has 10 heteroatoms. The van der Waals surface area contributed by atoms with Crippen molar-refractivity contribution in [1.82, 2.24) is 0 Å². The molecule has 1 N–H and O–H groups in total. The molecule has 386 valence electrons. The highest BCUT2D eigenvalue weighted by Crippen LogP contribution is 2.43. The number of nitrogens with zero attached hydrogens (tertiary/aromatic N) is 1. The third kappa shape index (κ3) is 37.0. The quantitative estimate of drug-likeness (QED) is 0.0211. The first-order valence-electron chi connectivity index (χ1n) is 27.2. The Hall–Kier alpha value is -2.58. The number of rotatable bonds is 43. The normalized spacial score (nSPS) is 16.1. The van der Waals surface area contributed by atoms with Crippen LogP contribution in [0.3, 0.4) is 0 Å². The second kappa shape index (κ2) is 41.2. The summed E-state index contributed by atoms with van der Waals surface area (Å²) in [6, 6.07) is 0. The smallest absolute Gasteiger partial charge is 0.462 e. The molecule has 1 aliphatic carbocycles. The van der Waals surface area contributed by atoms with E-state index in [9.17, 15) is 19.0 Å². The zero-order valence-electron chi connectivity index (χ0n) is 44.1. The van der Waals surface area contributed by atoms with Gasteiger partial charge in [0.05, 0.1) is 19.8 Å². The van der Waals surface area contributed by atoms with Crippen LogP contribution in [0.4, 0.5) is 0 Å². The summed E-state index contributed by atoms with van der Waals surface area (Å²) in [7, 11) is -4.50. The minimum atomic E-state index is -4.50. The van der Waals surface area contributed by atoms with E-state index in [1.165, 1.54) is 158 Å². The van der Waals surface area contributed by atoms with Crippen molar-refractivity contribution >= 4 is 26.0 Å². The summed E-state index contributed by atoms with van der Waals surface area (Å²) in [5.41, 5.74) is 5.32. The van der Waals surface area contributed by atoms with E-state index in [0.29, 0.717) is 6.42 Å². The maximum absolute atomic E-state index is 12.8. The third-order valence-electron chi connectivity index (χ3n) is 12.8. The Morgan fingerprint density at radius 2 is 1.15 bits per heavy atom. The summed E-state index contributed by atoms with van der Waals surface area (Å²) in [6.45, 7) is 14.8. The highest BCUT2D eigenvalue weighted by Gasteiger charge is 2.27. The monoisotopic (exact) mass is 958 g/mol. The van der Waals surface area contributed by atoms with Crippen LogP contribution < -0.4 is 0 Å². The number of phosphoric acid groups is 1. The number of aliphatic imine (C=N–C) groups is 1. The molecule has 67 heavy (non-hydrogen) atoms. The third-order valence-corrected chi connectivity index (χ3v) is 13.8. The van der Waals surface area contributed by atoms with E-state index in [-0.39, 0.29) is 44.0 Å². The van der Waals surface area contributed by atoms with Crippen LogP contribution in [0.5, 0.6) is 0 Å². The standard InChI is InChI=1S/C57H100NO8P/c1-8-10-12-14-16-18-20-22-24-26-28-30-32-39-55(59)63-48-53(66-56(60)40-33-31-29-27-25-23-21-19-17-15-13-11-9-2)49-65-67(61,62)64-47-46-58-45-43-51(4)37-34-36-50(3)41-42-54-52(5)38-35-44-57(54,6)7/h34,36-37,41-43,45,53H,8-33,35,38-40,44,46-49H2,1-7H3,(H,61,62)/b37-34+,42-41+,50-36+,51-43+,58-45?/t53-/m1/s1. The number of phosphoric ester groups is 1. The van der Waals surface area contributed by atoms with E-state index in [0.717, 1.165) is 44.1 Å². The van der Waals surface area contributed by atoms with E-state index < -0.39 is 26.5 Å². The zero-order valence-corrected chi connectivity index (χ0v) is 45.0. The van der Waals surface area contributed by atoms with Crippen molar-refractivity contribution < 1.29 is 37.6 Å². The van der Waals surface area contributed by atoms with Gasteiger partial charge in [0.25, 0.3) is 0 Å². The molecule has 9 nitrogen and oxygen atoms in total. The Balaban J connectivity index is 2.52. The number of hydrogen-bond donors (Lipinski definition) is 1. The van der Waals surface area contributed by atoms with Crippen LogP contribution in [-0.4, -0.2) is 55.5 Å². The number of ether oxygens (including phenoxy) is 2. The van der Waals surface area contributed by atoms with Crippen LogP contribution in [0.2, 0.25) is 0 Å². The summed E-state index contributed by atoms with van der Waals surface area (Å²) in [5, 5.41) is 0. The Kier molecular flexibility index (Phi) is 38.4. The van der Waals surface area contributed by atoms with Gasteiger partial charge in [-0.25, -0.2) is 4.57 Å². The molecule has 2 atom stereocenters. The molecule has 0 aliphatic heterocycles. The minimum Gasteiger partial charge on any atom is -0.462 e. The van der Waals surface area contributed by atoms with Gasteiger partial charge in [-0.15, -0.1) is 0 Å². The first-order chi connectivity index (χ1) is 32.3. The minimum absolute atomic E-state index is 0.144. The molecule has 0 aromatic rings. The summed E-state index contributed by atoms with van der Waals surface area (Å²) in [5.74, 6) is -0.826. The van der Waals surface area contributed by atoms with Gasteiger partial charge in [0.15, 0.2) is 6.10 Å². The van der Waals surface area contributed by atoms with Gasteiger partial charge in [-0.1, -0.05) is 223 Å². The highest BCUT2D eigenvalue weighted by molar-refractivity contribution is 7.47. The molecular weight excluding hydrogens is 858 g/mol. The van der Waals surface area contributed by atoms with Gasteiger partial charge in [-0.05, 0) is 75.5 Å². The van der Waals surface area contributed by atoms with Crippen molar-refractivity contribution in [2.75, 3.05) is 26.4 Å².